The van der Waals surface area contributed by atoms with Crippen molar-refractivity contribution in [2.75, 3.05) is 24.2 Å². The molecule has 0 aliphatic carbocycles. The van der Waals surface area contributed by atoms with Crippen molar-refractivity contribution in [2.45, 2.75) is 11.7 Å². The molecule has 23 heavy (non-hydrogen) atoms. The van der Waals surface area contributed by atoms with Crippen LogP contribution in [0.15, 0.2) is 54.6 Å². The smallest absolute Gasteiger partial charge is 0.321 e. The predicted octanol–water partition coefficient (Wildman–Crippen LogP) is 5.05. The molecule has 1 heterocycles. The van der Waals surface area contributed by atoms with Gasteiger partial charge in [-0.15, -0.1) is 0 Å². The van der Waals surface area contributed by atoms with Crippen LogP contribution in [0, 0.1) is 0 Å². The number of hydrogen-bond acceptors (Lipinski definition) is 2. The minimum absolute atomic E-state index is 0.0402. The summed E-state index contributed by atoms with van der Waals surface area (Å²) in [5.74, 6) is 0.952. The number of nitrogens with zero attached hydrogens (tertiary/aromatic N) is 1. The van der Waals surface area contributed by atoms with Crippen LogP contribution in [0.1, 0.15) is 17.2 Å². The lowest BCUT2D eigenvalue weighted by Crippen LogP contribution is -2.36. The summed E-state index contributed by atoms with van der Waals surface area (Å²) in [6.07, 6.45) is 0.975. The molecule has 5 heteroatoms. The van der Waals surface area contributed by atoms with Crippen LogP contribution < -0.4 is 5.32 Å². The second kappa shape index (κ2) is 7.75. The maximum Gasteiger partial charge on any atom is 0.321 e. The van der Waals surface area contributed by atoms with E-state index in [4.69, 9.17) is 11.6 Å². The van der Waals surface area contributed by atoms with Gasteiger partial charge < -0.3 is 10.2 Å². The average molecular weight is 347 g/mol. The Morgan fingerprint density at radius 2 is 1.83 bits per heavy atom. The zero-order valence-electron chi connectivity index (χ0n) is 12.7. The molecule has 1 saturated heterocycles. The summed E-state index contributed by atoms with van der Waals surface area (Å²) in [5.41, 5.74) is 2.12. The van der Waals surface area contributed by atoms with Crippen LogP contribution in [0.5, 0.6) is 0 Å². The molecule has 1 N–H and O–H groups in total. The Labute approximate surface area is 146 Å². The van der Waals surface area contributed by atoms with Gasteiger partial charge in [-0.1, -0.05) is 41.9 Å². The van der Waals surface area contributed by atoms with E-state index < -0.39 is 0 Å². The Kier molecular flexibility index (Phi) is 5.47. The van der Waals surface area contributed by atoms with E-state index in [0.29, 0.717) is 10.3 Å². The van der Waals surface area contributed by atoms with Crippen LogP contribution in [-0.2, 0) is 0 Å². The van der Waals surface area contributed by atoms with E-state index >= 15 is 0 Å². The summed E-state index contributed by atoms with van der Waals surface area (Å²) in [6, 6.07) is 17.7. The fourth-order valence-electron chi connectivity index (χ4n) is 2.64. The number of amides is 2. The first-order valence-corrected chi connectivity index (χ1v) is 9.13. The third kappa shape index (κ3) is 4.43. The van der Waals surface area contributed by atoms with Gasteiger partial charge >= 0.3 is 6.03 Å². The molecule has 1 unspecified atom stereocenters. The zero-order chi connectivity index (χ0) is 16.1. The molecular formula is C18H19ClN2OS. The molecule has 0 aromatic heterocycles. The molecule has 0 spiro atoms. The van der Waals surface area contributed by atoms with Gasteiger partial charge in [0.15, 0.2) is 0 Å². The number of hydrogen-bond donors (Lipinski definition) is 1. The van der Waals surface area contributed by atoms with E-state index in [1.165, 1.54) is 5.56 Å². The molecule has 1 aliphatic rings. The highest BCUT2D eigenvalue weighted by Gasteiger charge is 2.21. The van der Waals surface area contributed by atoms with Crippen molar-refractivity contribution in [2.24, 2.45) is 0 Å². The lowest BCUT2D eigenvalue weighted by Gasteiger charge is -2.21. The Bertz CT molecular complexity index is 648. The normalized spacial score (nSPS) is 18.3. The van der Waals surface area contributed by atoms with E-state index in [-0.39, 0.29) is 6.03 Å². The number of thioether (sulfide) groups is 1. The second-order valence-corrected chi connectivity index (χ2v) is 7.23. The molecule has 1 fully saturated rings. The topological polar surface area (TPSA) is 32.3 Å². The number of carbonyl (C=O) groups is 1. The molecule has 3 nitrogen and oxygen atoms in total. The number of urea groups is 1. The first-order chi connectivity index (χ1) is 11.2. The fraction of sp³-hybridized carbons (Fsp3) is 0.278. The molecule has 1 atom stereocenters. The number of anilines is 1. The number of rotatable bonds is 2. The van der Waals surface area contributed by atoms with Crippen molar-refractivity contribution in [3.05, 3.63) is 65.2 Å². The molecule has 2 amide bonds. The largest absolute Gasteiger partial charge is 0.324 e. The maximum atomic E-state index is 12.4. The van der Waals surface area contributed by atoms with Gasteiger partial charge in [0.2, 0.25) is 0 Å². The Hall–Kier alpha value is -1.65. The highest BCUT2D eigenvalue weighted by molar-refractivity contribution is 7.99. The number of halogens is 1. The highest BCUT2D eigenvalue weighted by Crippen LogP contribution is 2.34. The van der Waals surface area contributed by atoms with Gasteiger partial charge in [-0.05, 0) is 36.2 Å². The van der Waals surface area contributed by atoms with Gasteiger partial charge in [-0.2, -0.15) is 11.8 Å². The van der Waals surface area contributed by atoms with Gasteiger partial charge in [0.25, 0.3) is 0 Å². The summed E-state index contributed by atoms with van der Waals surface area (Å²) < 4.78 is 0. The van der Waals surface area contributed by atoms with Crippen molar-refractivity contribution >= 4 is 35.1 Å². The lowest BCUT2D eigenvalue weighted by atomic mass is 10.1. The Balaban J connectivity index is 1.59. The van der Waals surface area contributed by atoms with Gasteiger partial charge in [0.1, 0.15) is 0 Å². The predicted molar refractivity (Wildman–Crippen MR) is 98.3 cm³/mol. The molecule has 0 radical (unpaired) electrons. The minimum atomic E-state index is -0.0402. The van der Waals surface area contributed by atoms with Crippen molar-refractivity contribution in [3.63, 3.8) is 0 Å². The van der Waals surface area contributed by atoms with Gasteiger partial charge in [0.05, 0.1) is 0 Å². The molecule has 1 aliphatic heterocycles. The van der Waals surface area contributed by atoms with Crippen molar-refractivity contribution in [3.8, 4) is 0 Å². The van der Waals surface area contributed by atoms with E-state index in [1.54, 1.807) is 12.1 Å². The van der Waals surface area contributed by atoms with Crippen LogP contribution in [-0.4, -0.2) is 29.8 Å². The van der Waals surface area contributed by atoms with E-state index in [9.17, 15) is 4.79 Å². The standard InChI is InChI=1S/C18H19ClN2OS/c19-15-6-8-16(9-7-15)20-18(22)21-11-10-17(23-13-12-21)14-4-2-1-3-5-14/h1-9,17H,10-13H2,(H,20,22). The minimum Gasteiger partial charge on any atom is -0.324 e. The monoisotopic (exact) mass is 346 g/mol. The van der Waals surface area contributed by atoms with Crippen LogP contribution >= 0.6 is 23.4 Å². The summed E-state index contributed by atoms with van der Waals surface area (Å²) in [6.45, 7) is 1.54. The van der Waals surface area contributed by atoms with Crippen molar-refractivity contribution in [1.29, 1.82) is 0 Å². The number of carbonyl (C=O) groups excluding carboxylic acids is 1. The van der Waals surface area contributed by atoms with Crippen LogP contribution in [0.4, 0.5) is 10.5 Å². The lowest BCUT2D eigenvalue weighted by molar-refractivity contribution is 0.215. The summed E-state index contributed by atoms with van der Waals surface area (Å²) >= 11 is 7.79. The molecule has 0 saturated carbocycles. The molecular weight excluding hydrogens is 328 g/mol. The molecule has 120 valence electrons. The third-order valence-corrected chi connectivity index (χ3v) is 5.48. The summed E-state index contributed by atoms with van der Waals surface area (Å²) in [5, 5.41) is 4.07. The quantitative estimate of drug-likeness (QED) is 0.825. The maximum absolute atomic E-state index is 12.4. The molecule has 0 bridgehead atoms. The van der Waals surface area contributed by atoms with Crippen LogP contribution in [0.3, 0.4) is 0 Å². The third-order valence-electron chi connectivity index (χ3n) is 3.90. The van der Waals surface area contributed by atoms with Crippen LogP contribution in [0.2, 0.25) is 5.02 Å². The SMILES string of the molecule is O=C(Nc1ccc(Cl)cc1)N1CCSC(c2ccccc2)CC1. The van der Waals surface area contributed by atoms with E-state index in [0.717, 1.165) is 31.0 Å². The number of benzene rings is 2. The van der Waals surface area contributed by atoms with Gasteiger partial charge in [-0.25, -0.2) is 4.79 Å². The van der Waals surface area contributed by atoms with Crippen LogP contribution in [0.25, 0.3) is 0 Å². The molecule has 2 aromatic rings. The average Bonchev–Trinajstić information content (AvgIpc) is 2.84. The van der Waals surface area contributed by atoms with E-state index in [1.807, 2.05) is 34.9 Å². The first-order valence-electron chi connectivity index (χ1n) is 7.70. The Morgan fingerprint density at radius 3 is 2.57 bits per heavy atom. The van der Waals surface area contributed by atoms with E-state index in [2.05, 4.69) is 29.6 Å². The zero-order valence-corrected chi connectivity index (χ0v) is 14.3. The summed E-state index contributed by atoms with van der Waals surface area (Å²) in [4.78, 5) is 14.3. The first kappa shape index (κ1) is 16.2. The molecule has 3 rings (SSSR count). The van der Waals surface area contributed by atoms with Crippen molar-refractivity contribution in [1.82, 2.24) is 4.90 Å². The summed E-state index contributed by atoms with van der Waals surface area (Å²) in [7, 11) is 0. The number of nitrogens with one attached hydrogen (secondary N) is 1. The van der Waals surface area contributed by atoms with Gasteiger partial charge in [-0.3, -0.25) is 0 Å². The molecule has 2 aromatic carbocycles. The second-order valence-electron chi connectivity index (χ2n) is 5.48. The highest BCUT2D eigenvalue weighted by atomic mass is 35.5. The van der Waals surface area contributed by atoms with Gasteiger partial charge in [0, 0.05) is 34.8 Å². The fourth-order valence-corrected chi connectivity index (χ4v) is 4.00. The Morgan fingerprint density at radius 1 is 1.09 bits per heavy atom. The van der Waals surface area contributed by atoms with Crippen molar-refractivity contribution < 1.29 is 4.79 Å².